The van der Waals surface area contributed by atoms with Gasteiger partial charge >= 0.3 is 0 Å². The van der Waals surface area contributed by atoms with Crippen molar-refractivity contribution in [2.45, 2.75) is 12.8 Å². The lowest BCUT2D eigenvalue weighted by Crippen LogP contribution is -1.53. The summed E-state index contributed by atoms with van der Waals surface area (Å²) in [5.41, 5.74) is 0. The van der Waals surface area contributed by atoms with Gasteiger partial charge in [-0.1, -0.05) is 6.08 Å². The van der Waals surface area contributed by atoms with Crippen molar-refractivity contribution in [3.8, 4) is 0 Å². The molecule has 0 spiro atoms. The SMILES string of the molecule is SC=CC1CC1. The Balaban J connectivity index is 2.15. The lowest BCUT2D eigenvalue weighted by Gasteiger charge is -1.68. The molecule has 0 bridgehead atoms. The molecule has 0 unspecified atom stereocenters. The molecule has 1 heteroatoms. The zero-order valence-electron chi connectivity index (χ0n) is 3.59. The molecule has 0 saturated heterocycles. The Hall–Kier alpha value is 0.0900. The molecule has 0 aromatic carbocycles. The predicted molar refractivity (Wildman–Crippen MR) is 30.8 cm³/mol. The summed E-state index contributed by atoms with van der Waals surface area (Å²) in [6.07, 6.45) is 4.91. The van der Waals surface area contributed by atoms with Crippen LogP contribution in [0.25, 0.3) is 0 Å². The third-order valence-corrected chi connectivity index (χ3v) is 1.15. The molecular formula is C5H8S. The van der Waals surface area contributed by atoms with E-state index in [1.807, 2.05) is 5.41 Å². The predicted octanol–water partition coefficient (Wildman–Crippen LogP) is 1.84. The molecule has 34 valence electrons. The van der Waals surface area contributed by atoms with Crippen molar-refractivity contribution >= 4 is 12.6 Å². The molecule has 0 aliphatic heterocycles. The van der Waals surface area contributed by atoms with Crippen LogP contribution in [0.1, 0.15) is 12.8 Å². The third-order valence-electron chi connectivity index (χ3n) is 0.980. The van der Waals surface area contributed by atoms with Gasteiger partial charge in [-0.15, -0.1) is 0 Å². The molecule has 0 atom stereocenters. The fourth-order valence-corrected chi connectivity index (χ4v) is 0.654. The first-order chi connectivity index (χ1) is 2.93. The van der Waals surface area contributed by atoms with Crippen LogP contribution in [0.4, 0.5) is 0 Å². The summed E-state index contributed by atoms with van der Waals surface area (Å²) in [5, 5.41) is 1.83. The molecule has 0 aromatic heterocycles. The van der Waals surface area contributed by atoms with Crippen molar-refractivity contribution in [3.63, 3.8) is 0 Å². The van der Waals surface area contributed by atoms with Crippen molar-refractivity contribution in [3.05, 3.63) is 11.5 Å². The molecular weight excluding hydrogens is 92.1 g/mol. The largest absolute Gasteiger partial charge is 0.152 e. The van der Waals surface area contributed by atoms with E-state index < -0.39 is 0 Å². The summed E-state index contributed by atoms with van der Waals surface area (Å²) in [6.45, 7) is 0. The van der Waals surface area contributed by atoms with Crippen LogP contribution in [0, 0.1) is 5.92 Å². The standard InChI is InChI=1S/C5H8S/c6-4-3-5-1-2-5/h3-6H,1-2H2. The summed E-state index contributed by atoms with van der Waals surface area (Å²) < 4.78 is 0. The van der Waals surface area contributed by atoms with E-state index in [2.05, 4.69) is 18.7 Å². The molecule has 0 N–H and O–H groups in total. The van der Waals surface area contributed by atoms with Gasteiger partial charge in [0.15, 0.2) is 0 Å². The van der Waals surface area contributed by atoms with Crippen molar-refractivity contribution in [1.29, 1.82) is 0 Å². The number of thiol groups is 1. The van der Waals surface area contributed by atoms with Crippen molar-refractivity contribution in [2.75, 3.05) is 0 Å². The average Bonchev–Trinajstić information content (AvgIpc) is 2.21. The summed E-state index contributed by atoms with van der Waals surface area (Å²) in [4.78, 5) is 0. The van der Waals surface area contributed by atoms with Gasteiger partial charge in [-0.2, -0.15) is 12.6 Å². The lowest BCUT2D eigenvalue weighted by molar-refractivity contribution is 1.13. The van der Waals surface area contributed by atoms with Gasteiger partial charge in [-0.25, -0.2) is 0 Å². The van der Waals surface area contributed by atoms with Gasteiger partial charge in [-0.05, 0) is 24.2 Å². The first-order valence-electron chi connectivity index (χ1n) is 2.24. The highest BCUT2D eigenvalue weighted by Gasteiger charge is 2.16. The second-order valence-electron chi connectivity index (χ2n) is 1.68. The van der Waals surface area contributed by atoms with Gasteiger partial charge in [0.25, 0.3) is 0 Å². The minimum Gasteiger partial charge on any atom is -0.152 e. The van der Waals surface area contributed by atoms with E-state index in [1.165, 1.54) is 12.8 Å². The van der Waals surface area contributed by atoms with E-state index in [1.54, 1.807) is 0 Å². The Morgan fingerprint density at radius 3 is 2.33 bits per heavy atom. The van der Waals surface area contributed by atoms with Crippen molar-refractivity contribution < 1.29 is 0 Å². The van der Waals surface area contributed by atoms with Crippen LogP contribution >= 0.6 is 12.6 Å². The van der Waals surface area contributed by atoms with Crippen LogP contribution in [0.5, 0.6) is 0 Å². The third kappa shape index (κ3) is 1.05. The molecule has 0 amide bonds. The summed E-state index contributed by atoms with van der Waals surface area (Å²) in [6, 6.07) is 0. The zero-order chi connectivity index (χ0) is 4.41. The number of rotatable bonds is 1. The van der Waals surface area contributed by atoms with E-state index in [4.69, 9.17) is 0 Å². The maximum atomic E-state index is 3.92. The second-order valence-corrected chi connectivity index (χ2v) is 1.98. The van der Waals surface area contributed by atoms with Crippen LogP contribution < -0.4 is 0 Å². The van der Waals surface area contributed by atoms with Crippen LogP contribution in [0.2, 0.25) is 0 Å². The molecule has 1 rings (SSSR count). The van der Waals surface area contributed by atoms with E-state index in [9.17, 15) is 0 Å². The second kappa shape index (κ2) is 1.69. The molecule has 1 aliphatic rings. The van der Waals surface area contributed by atoms with Gasteiger partial charge in [0, 0.05) is 0 Å². The zero-order valence-corrected chi connectivity index (χ0v) is 4.49. The minimum absolute atomic E-state index is 0.891. The molecule has 1 fully saturated rings. The highest BCUT2D eigenvalue weighted by Crippen LogP contribution is 2.29. The summed E-state index contributed by atoms with van der Waals surface area (Å²) >= 11 is 3.92. The normalized spacial score (nSPS) is 22.8. The Morgan fingerprint density at radius 1 is 1.50 bits per heavy atom. The van der Waals surface area contributed by atoms with Crippen LogP contribution in [-0.2, 0) is 0 Å². The molecule has 0 nitrogen and oxygen atoms in total. The average molecular weight is 100 g/mol. The quantitative estimate of drug-likeness (QED) is 0.477. The smallest absolute Gasteiger partial charge is 0.0225 e. The van der Waals surface area contributed by atoms with Gasteiger partial charge < -0.3 is 0 Å². The highest BCUT2D eigenvalue weighted by molar-refractivity contribution is 7.83. The van der Waals surface area contributed by atoms with E-state index >= 15 is 0 Å². The molecule has 6 heavy (non-hydrogen) atoms. The van der Waals surface area contributed by atoms with Crippen LogP contribution in [0.15, 0.2) is 11.5 Å². The first kappa shape index (κ1) is 4.25. The lowest BCUT2D eigenvalue weighted by atomic mass is 10.4. The van der Waals surface area contributed by atoms with Crippen LogP contribution in [0.3, 0.4) is 0 Å². The molecule has 0 radical (unpaired) electrons. The fourth-order valence-electron chi connectivity index (χ4n) is 0.410. The first-order valence-corrected chi connectivity index (χ1v) is 2.76. The molecule has 1 saturated carbocycles. The van der Waals surface area contributed by atoms with Crippen LogP contribution in [-0.4, -0.2) is 0 Å². The molecule has 0 aromatic rings. The van der Waals surface area contributed by atoms with Gasteiger partial charge in [0.2, 0.25) is 0 Å². The number of allylic oxidation sites excluding steroid dienone is 1. The maximum Gasteiger partial charge on any atom is -0.0225 e. The number of hydrogen-bond acceptors (Lipinski definition) is 1. The Bertz CT molecular complexity index is 62.3. The van der Waals surface area contributed by atoms with Crippen molar-refractivity contribution in [2.24, 2.45) is 5.92 Å². The minimum atomic E-state index is 0.891. The van der Waals surface area contributed by atoms with E-state index in [0.29, 0.717) is 0 Å². The van der Waals surface area contributed by atoms with Gasteiger partial charge in [-0.3, -0.25) is 0 Å². The molecule has 0 heterocycles. The Morgan fingerprint density at radius 2 is 2.17 bits per heavy atom. The van der Waals surface area contributed by atoms with Crippen molar-refractivity contribution in [1.82, 2.24) is 0 Å². The Labute approximate surface area is 43.7 Å². The maximum absolute atomic E-state index is 3.92. The monoisotopic (exact) mass is 100 g/mol. The summed E-state index contributed by atoms with van der Waals surface area (Å²) in [5.74, 6) is 0.891. The van der Waals surface area contributed by atoms with Gasteiger partial charge in [0.1, 0.15) is 0 Å². The fraction of sp³-hybridized carbons (Fsp3) is 0.600. The summed E-state index contributed by atoms with van der Waals surface area (Å²) in [7, 11) is 0. The van der Waals surface area contributed by atoms with E-state index in [0.717, 1.165) is 5.92 Å². The topological polar surface area (TPSA) is 0 Å². The van der Waals surface area contributed by atoms with E-state index in [-0.39, 0.29) is 0 Å². The highest BCUT2D eigenvalue weighted by atomic mass is 32.1. The Kier molecular flexibility index (Phi) is 1.20. The molecule has 1 aliphatic carbocycles. The number of hydrogen-bond donors (Lipinski definition) is 1. The van der Waals surface area contributed by atoms with Gasteiger partial charge in [0.05, 0.1) is 0 Å².